The van der Waals surface area contributed by atoms with Crippen LogP contribution in [0.3, 0.4) is 0 Å². The topological polar surface area (TPSA) is 123 Å². The molecule has 1 aromatic carbocycles. The van der Waals surface area contributed by atoms with Gasteiger partial charge in [0.25, 0.3) is 0 Å². The van der Waals surface area contributed by atoms with Crippen molar-refractivity contribution < 1.29 is 33.4 Å². The van der Waals surface area contributed by atoms with Crippen LogP contribution >= 0.6 is 0 Å². The molecule has 1 heterocycles. The number of nitrogens with one attached hydrogen (secondary N) is 2. The smallest absolute Gasteiger partial charge is 0.408 e. The number of benzene rings is 1. The van der Waals surface area contributed by atoms with Gasteiger partial charge in [-0.3, -0.25) is 9.59 Å². The van der Waals surface area contributed by atoms with E-state index in [2.05, 4.69) is 10.6 Å². The molecule has 3 amide bonds. The van der Waals surface area contributed by atoms with Gasteiger partial charge in [-0.1, -0.05) is 30.3 Å². The Hall–Kier alpha value is -3.30. The summed E-state index contributed by atoms with van der Waals surface area (Å²) in [6.45, 7) is 5.85. The minimum absolute atomic E-state index is 0.108. The van der Waals surface area contributed by atoms with Gasteiger partial charge in [0.2, 0.25) is 5.91 Å². The fourth-order valence-corrected chi connectivity index (χ4v) is 4.61. The van der Waals surface area contributed by atoms with E-state index in [-0.39, 0.29) is 24.6 Å². The van der Waals surface area contributed by atoms with Crippen molar-refractivity contribution in [2.75, 3.05) is 13.7 Å². The summed E-state index contributed by atoms with van der Waals surface area (Å²) in [4.78, 5) is 51.8. The molecular weight excluding hydrogens is 454 g/mol. The molecule has 4 atom stereocenters. The molecule has 0 bridgehead atoms. The van der Waals surface area contributed by atoms with E-state index in [0.29, 0.717) is 32.2 Å². The summed E-state index contributed by atoms with van der Waals surface area (Å²) in [6.07, 6.45) is 0.639. The lowest BCUT2D eigenvalue weighted by Crippen LogP contribution is -2.53. The van der Waals surface area contributed by atoms with Crippen molar-refractivity contribution in [1.29, 1.82) is 0 Å². The second kappa shape index (κ2) is 11.4. The van der Waals surface area contributed by atoms with Crippen molar-refractivity contribution >= 4 is 24.1 Å². The molecule has 2 fully saturated rings. The summed E-state index contributed by atoms with van der Waals surface area (Å²) in [5.74, 6) is -1.28. The Morgan fingerprint density at radius 3 is 2.40 bits per heavy atom. The molecule has 3 unspecified atom stereocenters. The first-order valence-corrected chi connectivity index (χ1v) is 11.9. The average molecular weight is 490 g/mol. The lowest BCUT2D eigenvalue weighted by atomic mass is 9.80. The average Bonchev–Trinajstić information content (AvgIpc) is 3.16. The molecule has 3 rings (SSSR count). The van der Waals surface area contributed by atoms with Gasteiger partial charge in [0.15, 0.2) is 0 Å². The third-order valence-electron chi connectivity index (χ3n) is 6.18. The lowest BCUT2D eigenvalue weighted by molar-refractivity contribution is -0.151. The molecule has 10 nitrogen and oxygen atoms in total. The van der Waals surface area contributed by atoms with Crippen molar-refractivity contribution in [3.05, 3.63) is 35.9 Å². The Bertz CT molecular complexity index is 915. The summed E-state index contributed by atoms with van der Waals surface area (Å²) in [5, 5.41) is 5.46. The van der Waals surface area contributed by atoms with Crippen molar-refractivity contribution in [2.24, 2.45) is 5.92 Å². The Labute approximate surface area is 205 Å². The first-order valence-electron chi connectivity index (χ1n) is 11.9. The van der Waals surface area contributed by atoms with Gasteiger partial charge >= 0.3 is 18.2 Å². The number of methoxy groups -OCH3 is 1. The summed E-state index contributed by atoms with van der Waals surface area (Å²) in [6, 6.07) is 7.90. The monoisotopic (exact) mass is 489 g/mol. The molecule has 2 N–H and O–H groups in total. The number of nitrogens with zero attached hydrogens (tertiary/aromatic N) is 1. The normalized spacial score (nSPS) is 24.5. The predicted octanol–water partition coefficient (Wildman–Crippen LogP) is 2.75. The maximum atomic E-state index is 13.1. The van der Waals surface area contributed by atoms with Crippen molar-refractivity contribution in [2.45, 2.75) is 76.8 Å². The van der Waals surface area contributed by atoms with E-state index >= 15 is 0 Å². The van der Waals surface area contributed by atoms with Crippen LogP contribution in [0.1, 0.15) is 52.0 Å². The number of esters is 1. The Morgan fingerprint density at radius 2 is 1.74 bits per heavy atom. The first-order chi connectivity index (χ1) is 16.6. The highest BCUT2D eigenvalue weighted by molar-refractivity contribution is 5.88. The zero-order valence-electron chi connectivity index (χ0n) is 20.7. The van der Waals surface area contributed by atoms with Crippen molar-refractivity contribution in [3.63, 3.8) is 0 Å². The molecule has 192 valence electrons. The molecule has 1 saturated heterocycles. The number of hydrogen-bond donors (Lipinski definition) is 2. The van der Waals surface area contributed by atoms with E-state index in [1.165, 1.54) is 7.11 Å². The summed E-state index contributed by atoms with van der Waals surface area (Å²) < 4.78 is 15.6. The number of alkyl carbamates (subject to hydrolysis) is 2. The minimum Gasteiger partial charge on any atom is -0.469 e. The van der Waals surface area contributed by atoms with Crippen LogP contribution in [0.4, 0.5) is 9.59 Å². The highest BCUT2D eigenvalue weighted by Gasteiger charge is 2.45. The molecule has 35 heavy (non-hydrogen) atoms. The maximum absolute atomic E-state index is 13.1. The van der Waals surface area contributed by atoms with Gasteiger partial charge in [-0.05, 0) is 52.0 Å². The minimum atomic E-state index is -0.714. The number of carbonyl (C=O) groups excluding carboxylic acids is 4. The second-order valence-corrected chi connectivity index (χ2v) is 9.93. The molecule has 10 heteroatoms. The molecule has 0 spiro atoms. The number of amides is 3. The van der Waals surface area contributed by atoms with Crippen LogP contribution in [0.5, 0.6) is 0 Å². The van der Waals surface area contributed by atoms with Crippen LogP contribution in [-0.2, 0) is 30.4 Å². The van der Waals surface area contributed by atoms with Crippen molar-refractivity contribution in [3.8, 4) is 0 Å². The van der Waals surface area contributed by atoms with Gasteiger partial charge in [-0.15, -0.1) is 0 Å². The van der Waals surface area contributed by atoms with Gasteiger partial charge in [0, 0.05) is 18.6 Å². The van der Waals surface area contributed by atoms with Gasteiger partial charge < -0.3 is 29.7 Å². The zero-order valence-corrected chi connectivity index (χ0v) is 20.7. The number of rotatable bonds is 6. The van der Waals surface area contributed by atoms with Crippen LogP contribution in [-0.4, -0.2) is 66.3 Å². The van der Waals surface area contributed by atoms with Gasteiger partial charge in [-0.2, -0.15) is 0 Å². The Balaban J connectivity index is 1.56. The highest BCUT2D eigenvalue weighted by Crippen LogP contribution is 2.32. The summed E-state index contributed by atoms with van der Waals surface area (Å²) >= 11 is 0. The summed E-state index contributed by atoms with van der Waals surface area (Å²) in [7, 11) is 1.31. The molecule has 2 aliphatic rings. The maximum Gasteiger partial charge on any atom is 0.408 e. The molecule has 1 aromatic rings. The first kappa shape index (κ1) is 26.3. The molecule has 0 radical (unpaired) electrons. The van der Waals surface area contributed by atoms with Crippen LogP contribution < -0.4 is 10.6 Å². The lowest BCUT2D eigenvalue weighted by Gasteiger charge is -2.39. The number of ether oxygens (including phenoxy) is 3. The van der Waals surface area contributed by atoms with E-state index in [0.717, 1.165) is 5.56 Å². The standard InChI is InChI=1S/C25H35N3O7/c1-25(2,3)35-24(32)26-17-10-11-20(18(14-17)22(30)33-4)28-13-12-19(21(28)29)27-23(31)34-15-16-8-6-5-7-9-16/h5-9,17-20H,10-15H2,1-4H3,(H,26,32)(H,27,31)/t17?,18?,19-,20?/m0/s1. The van der Waals surface area contributed by atoms with E-state index in [4.69, 9.17) is 14.2 Å². The van der Waals surface area contributed by atoms with Crippen LogP contribution in [0.25, 0.3) is 0 Å². The quantitative estimate of drug-likeness (QED) is 0.465. The molecular formula is C25H35N3O7. The molecule has 1 aliphatic carbocycles. The SMILES string of the molecule is COC(=O)C1CC(NC(=O)OC(C)(C)C)CCC1N1CC[C@H](NC(=O)OCc2ccccc2)C1=O. The fourth-order valence-electron chi connectivity index (χ4n) is 4.61. The number of carbonyl (C=O) groups is 4. The Kier molecular flexibility index (Phi) is 8.58. The fraction of sp³-hybridized carbons (Fsp3) is 0.600. The van der Waals surface area contributed by atoms with E-state index < -0.39 is 35.7 Å². The van der Waals surface area contributed by atoms with E-state index in [1.54, 1.807) is 25.7 Å². The predicted molar refractivity (Wildman–Crippen MR) is 126 cm³/mol. The largest absolute Gasteiger partial charge is 0.469 e. The molecule has 0 aromatic heterocycles. The van der Waals surface area contributed by atoms with Gasteiger partial charge in [0.05, 0.1) is 13.0 Å². The van der Waals surface area contributed by atoms with E-state index in [1.807, 2.05) is 30.3 Å². The number of hydrogen-bond acceptors (Lipinski definition) is 7. The highest BCUT2D eigenvalue weighted by atomic mass is 16.6. The van der Waals surface area contributed by atoms with E-state index in [9.17, 15) is 19.2 Å². The Morgan fingerprint density at radius 1 is 1.03 bits per heavy atom. The third-order valence-corrected chi connectivity index (χ3v) is 6.18. The third kappa shape index (κ3) is 7.34. The molecule has 1 saturated carbocycles. The van der Waals surface area contributed by atoms with Crippen molar-refractivity contribution in [1.82, 2.24) is 15.5 Å². The zero-order chi connectivity index (χ0) is 25.6. The summed E-state index contributed by atoms with van der Waals surface area (Å²) in [5.41, 5.74) is 0.217. The van der Waals surface area contributed by atoms with Gasteiger partial charge in [0.1, 0.15) is 18.2 Å². The second-order valence-electron chi connectivity index (χ2n) is 9.93. The van der Waals surface area contributed by atoms with Crippen LogP contribution in [0.2, 0.25) is 0 Å². The van der Waals surface area contributed by atoms with Crippen LogP contribution in [0.15, 0.2) is 30.3 Å². The number of likely N-dealkylation sites (tertiary alicyclic amines) is 1. The molecule has 1 aliphatic heterocycles. The van der Waals surface area contributed by atoms with Crippen LogP contribution in [0, 0.1) is 5.92 Å². The van der Waals surface area contributed by atoms with Gasteiger partial charge in [-0.25, -0.2) is 9.59 Å².